The average molecular weight is 291 g/mol. The molecule has 0 atom stereocenters. The molecule has 1 aromatic carbocycles. The van der Waals surface area contributed by atoms with Crippen LogP contribution >= 0.6 is 15.9 Å². The van der Waals surface area contributed by atoms with E-state index >= 15 is 0 Å². The first kappa shape index (κ1) is 12.2. The molecular weight excluding hydrogens is 276 g/mol. The molecule has 0 saturated carbocycles. The Bertz CT molecular complexity index is 521. The molecule has 0 N–H and O–H groups in total. The Morgan fingerprint density at radius 2 is 1.71 bits per heavy atom. The van der Waals surface area contributed by atoms with Gasteiger partial charge in [0, 0.05) is 11.5 Å². The summed E-state index contributed by atoms with van der Waals surface area (Å²) in [5.74, 6) is 1.23. The zero-order valence-corrected chi connectivity index (χ0v) is 11.8. The van der Waals surface area contributed by atoms with Crippen molar-refractivity contribution in [1.82, 2.24) is 9.97 Å². The molecule has 2 rings (SSSR count). The van der Waals surface area contributed by atoms with Gasteiger partial charge in [-0.1, -0.05) is 44.2 Å². The van der Waals surface area contributed by atoms with Gasteiger partial charge in [0.05, 0.1) is 15.9 Å². The van der Waals surface area contributed by atoms with E-state index in [0.29, 0.717) is 5.92 Å². The molecule has 1 aromatic heterocycles. The Labute approximate surface area is 110 Å². The number of halogens is 1. The first-order valence-corrected chi connectivity index (χ1v) is 6.48. The minimum absolute atomic E-state index is 0.337. The normalized spacial score (nSPS) is 10.9. The summed E-state index contributed by atoms with van der Waals surface area (Å²) in [6.07, 6.45) is 0. The smallest absolute Gasteiger partial charge is 0.131 e. The topological polar surface area (TPSA) is 25.8 Å². The summed E-state index contributed by atoms with van der Waals surface area (Å²) in [5.41, 5.74) is 3.08. The quantitative estimate of drug-likeness (QED) is 0.822. The number of aryl methyl sites for hydroxylation is 1. The molecule has 88 valence electrons. The summed E-state index contributed by atoms with van der Waals surface area (Å²) < 4.78 is 0.980. The third kappa shape index (κ3) is 2.55. The van der Waals surface area contributed by atoms with Crippen LogP contribution in [-0.4, -0.2) is 9.97 Å². The van der Waals surface area contributed by atoms with E-state index in [9.17, 15) is 0 Å². The van der Waals surface area contributed by atoms with E-state index < -0.39 is 0 Å². The molecule has 0 bridgehead atoms. The highest BCUT2D eigenvalue weighted by molar-refractivity contribution is 9.10. The lowest BCUT2D eigenvalue weighted by Gasteiger charge is -2.11. The van der Waals surface area contributed by atoms with Crippen LogP contribution in [0.25, 0.3) is 11.3 Å². The molecule has 0 aliphatic carbocycles. The van der Waals surface area contributed by atoms with Crippen molar-refractivity contribution in [1.29, 1.82) is 0 Å². The van der Waals surface area contributed by atoms with Crippen molar-refractivity contribution < 1.29 is 0 Å². The minimum atomic E-state index is 0.337. The minimum Gasteiger partial charge on any atom is -0.237 e. The van der Waals surface area contributed by atoms with E-state index in [2.05, 4.69) is 51.9 Å². The van der Waals surface area contributed by atoms with Gasteiger partial charge in [0.2, 0.25) is 0 Å². The van der Waals surface area contributed by atoms with Crippen LogP contribution in [0.2, 0.25) is 0 Å². The highest BCUT2D eigenvalue weighted by atomic mass is 79.9. The number of aromatic nitrogens is 2. The molecule has 2 nitrogen and oxygen atoms in total. The number of hydrogen-bond donors (Lipinski definition) is 0. The predicted molar refractivity (Wildman–Crippen MR) is 74.0 cm³/mol. The summed E-state index contributed by atoms with van der Waals surface area (Å²) in [6, 6.07) is 10.2. The van der Waals surface area contributed by atoms with Gasteiger partial charge >= 0.3 is 0 Å². The molecule has 0 spiro atoms. The van der Waals surface area contributed by atoms with Crippen LogP contribution in [0.4, 0.5) is 0 Å². The SMILES string of the molecule is Cc1nc(C(C)C)nc(-c2ccccc2)c1Br. The molecular formula is C14H15BrN2. The Hall–Kier alpha value is -1.22. The second kappa shape index (κ2) is 4.96. The third-order valence-electron chi connectivity index (χ3n) is 2.60. The molecule has 1 heterocycles. The number of nitrogens with zero attached hydrogens (tertiary/aromatic N) is 2. The fraction of sp³-hybridized carbons (Fsp3) is 0.286. The molecule has 0 fully saturated rings. The molecule has 3 heteroatoms. The van der Waals surface area contributed by atoms with Gasteiger partial charge in [-0.15, -0.1) is 0 Å². The lowest BCUT2D eigenvalue weighted by atomic mass is 10.1. The van der Waals surface area contributed by atoms with E-state index in [1.54, 1.807) is 0 Å². The van der Waals surface area contributed by atoms with Crippen LogP contribution in [0.3, 0.4) is 0 Å². The summed E-state index contributed by atoms with van der Waals surface area (Å²) in [5, 5.41) is 0. The summed E-state index contributed by atoms with van der Waals surface area (Å²) in [6.45, 7) is 6.22. The van der Waals surface area contributed by atoms with Gasteiger partial charge in [0.1, 0.15) is 5.82 Å². The van der Waals surface area contributed by atoms with Gasteiger partial charge in [-0.2, -0.15) is 0 Å². The molecule has 2 aromatic rings. The maximum atomic E-state index is 4.64. The second-order valence-electron chi connectivity index (χ2n) is 4.35. The van der Waals surface area contributed by atoms with Crippen LogP contribution < -0.4 is 0 Å². The van der Waals surface area contributed by atoms with Crippen LogP contribution in [0.15, 0.2) is 34.8 Å². The van der Waals surface area contributed by atoms with Crippen molar-refractivity contribution in [3.8, 4) is 11.3 Å². The van der Waals surface area contributed by atoms with E-state index in [-0.39, 0.29) is 0 Å². The standard InChI is InChI=1S/C14H15BrN2/c1-9(2)14-16-10(3)12(15)13(17-14)11-7-5-4-6-8-11/h4-9H,1-3H3. The molecule has 0 unspecified atom stereocenters. The van der Waals surface area contributed by atoms with Gasteiger partial charge in [-0.3, -0.25) is 0 Å². The molecule has 0 saturated heterocycles. The van der Waals surface area contributed by atoms with Crippen molar-refractivity contribution in [2.45, 2.75) is 26.7 Å². The van der Waals surface area contributed by atoms with Crippen LogP contribution in [-0.2, 0) is 0 Å². The number of rotatable bonds is 2. The third-order valence-corrected chi connectivity index (χ3v) is 3.55. The fourth-order valence-corrected chi connectivity index (χ4v) is 2.03. The van der Waals surface area contributed by atoms with Crippen molar-refractivity contribution >= 4 is 15.9 Å². The van der Waals surface area contributed by atoms with Crippen molar-refractivity contribution in [2.75, 3.05) is 0 Å². The number of benzene rings is 1. The van der Waals surface area contributed by atoms with Gasteiger partial charge in [0.25, 0.3) is 0 Å². The Balaban J connectivity index is 2.61. The average Bonchev–Trinajstić information content (AvgIpc) is 2.33. The summed E-state index contributed by atoms with van der Waals surface area (Å²) >= 11 is 3.58. The first-order chi connectivity index (χ1) is 8.09. The van der Waals surface area contributed by atoms with Crippen molar-refractivity contribution in [3.05, 3.63) is 46.3 Å². The lowest BCUT2D eigenvalue weighted by molar-refractivity contribution is 0.766. The lowest BCUT2D eigenvalue weighted by Crippen LogP contribution is -2.02. The van der Waals surface area contributed by atoms with E-state index in [1.165, 1.54) is 0 Å². The monoisotopic (exact) mass is 290 g/mol. The Morgan fingerprint density at radius 3 is 2.29 bits per heavy atom. The van der Waals surface area contributed by atoms with Crippen LogP contribution in [0.1, 0.15) is 31.3 Å². The van der Waals surface area contributed by atoms with Crippen LogP contribution in [0.5, 0.6) is 0 Å². The van der Waals surface area contributed by atoms with Gasteiger partial charge in [0.15, 0.2) is 0 Å². The van der Waals surface area contributed by atoms with Gasteiger partial charge < -0.3 is 0 Å². The highest BCUT2D eigenvalue weighted by Gasteiger charge is 2.12. The second-order valence-corrected chi connectivity index (χ2v) is 5.14. The maximum Gasteiger partial charge on any atom is 0.131 e. The largest absolute Gasteiger partial charge is 0.237 e. The predicted octanol–water partition coefficient (Wildman–Crippen LogP) is 4.34. The maximum absolute atomic E-state index is 4.64. The summed E-state index contributed by atoms with van der Waals surface area (Å²) in [7, 11) is 0. The highest BCUT2D eigenvalue weighted by Crippen LogP contribution is 2.29. The molecule has 0 amide bonds. The Morgan fingerprint density at radius 1 is 1.06 bits per heavy atom. The molecule has 17 heavy (non-hydrogen) atoms. The van der Waals surface area contributed by atoms with E-state index in [4.69, 9.17) is 0 Å². The van der Waals surface area contributed by atoms with Gasteiger partial charge in [-0.25, -0.2) is 9.97 Å². The zero-order chi connectivity index (χ0) is 12.4. The Kier molecular flexibility index (Phi) is 3.57. The van der Waals surface area contributed by atoms with E-state index in [0.717, 1.165) is 27.2 Å². The van der Waals surface area contributed by atoms with Crippen molar-refractivity contribution in [3.63, 3.8) is 0 Å². The van der Waals surface area contributed by atoms with Crippen LogP contribution in [0, 0.1) is 6.92 Å². The summed E-state index contributed by atoms with van der Waals surface area (Å²) in [4.78, 5) is 9.15. The zero-order valence-electron chi connectivity index (χ0n) is 10.2. The molecule has 0 aliphatic rings. The molecule has 0 aliphatic heterocycles. The van der Waals surface area contributed by atoms with Gasteiger partial charge in [-0.05, 0) is 22.9 Å². The molecule has 0 radical (unpaired) electrons. The van der Waals surface area contributed by atoms with E-state index in [1.807, 2.05) is 25.1 Å². The first-order valence-electron chi connectivity index (χ1n) is 5.69. The van der Waals surface area contributed by atoms with Crippen molar-refractivity contribution in [2.24, 2.45) is 0 Å². The number of hydrogen-bond acceptors (Lipinski definition) is 2. The fourth-order valence-electron chi connectivity index (χ4n) is 1.63.